The number of benzene rings is 2. The molecule has 3 N–H and O–H groups in total. The van der Waals surface area contributed by atoms with Crippen LogP contribution in [0.25, 0.3) is 0 Å². The Bertz CT molecular complexity index is 898. The molecule has 1 heterocycles. The van der Waals surface area contributed by atoms with Crippen LogP contribution in [-0.2, 0) is 13.1 Å². The molecule has 0 saturated heterocycles. The molecule has 26 heavy (non-hydrogen) atoms. The standard InChI is InChI=1S/C20H18FN3O2/c21-16-4-1-3-15(11-16)13-23-12-14-6-8-17(9-7-14)26-20-18(19(22)25)5-2-10-24-20/h1-11,23H,12-13H2,(H2,22,25). The third kappa shape index (κ3) is 4.64. The summed E-state index contributed by atoms with van der Waals surface area (Å²) in [6, 6.07) is 17.1. The molecule has 0 aliphatic heterocycles. The van der Waals surface area contributed by atoms with Crippen molar-refractivity contribution in [3.05, 3.63) is 89.4 Å². The number of carbonyl (C=O) groups excluding carboxylic acids is 1. The Morgan fingerprint density at radius 2 is 1.81 bits per heavy atom. The normalized spacial score (nSPS) is 10.5. The van der Waals surface area contributed by atoms with E-state index in [4.69, 9.17) is 10.5 Å². The first-order valence-corrected chi connectivity index (χ1v) is 8.08. The first-order valence-electron chi connectivity index (χ1n) is 8.08. The number of primary amides is 1. The number of carbonyl (C=O) groups is 1. The predicted molar refractivity (Wildman–Crippen MR) is 96.2 cm³/mol. The largest absolute Gasteiger partial charge is 0.438 e. The number of rotatable bonds is 7. The number of halogens is 1. The van der Waals surface area contributed by atoms with Crippen LogP contribution in [-0.4, -0.2) is 10.9 Å². The van der Waals surface area contributed by atoms with Crippen molar-refractivity contribution in [2.24, 2.45) is 5.73 Å². The number of aromatic nitrogens is 1. The average Bonchev–Trinajstić information content (AvgIpc) is 2.63. The number of nitrogens with two attached hydrogens (primary N) is 1. The summed E-state index contributed by atoms with van der Waals surface area (Å²) in [7, 11) is 0. The van der Waals surface area contributed by atoms with Gasteiger partial charge >= 0.3 is 0 Å². The van der Waals surface area contributed by atoms with Crippen molar-refractivity contribution in [2.45, 2.75) is 13.1 Å². The van der Waals surface area contributed by atoms with Gasteiger partial charge in [0.1, 0.15) is 17.1 Å². The van der Waals surface area contributed by atoms with Crippen LogP contribution in [0.3, 0.4) is 0 Å². The fourth-order valence-electron chi connectivity index (χ4n) is 2.44. The summed E-state index contributed by atoms with van der Waals surface area (Å²) >= 11 is 0. The maximum atomic E-state index is 13.1. The van der Waals surface area contributed by atoms with Crippen molar-refractivity contribution in [1.82, 2.24) is 10.3 Å². The van der Waals surface area contributed by atoms with E-state index >= 15 is 0 Å². The minimum atomic E-state index is -0.591. The van der Waals surface area contributed by atoms with Crippen LogP contribution in [0.2, 0.25) is 0 Å². The lowest BCUT2D eigenvalue weighted by atomic mass is 10.2. The third-order valence-electron chi connectivity index (χ3n) is 3.72. The van der Waals surface area contributed by atoms with Crippen molar-refractivity contribution < 1.29 is 13.9 Å². The van der Waals surface area contributed by atoms with Crippen molar-refractivity contribution in [1.29, 1.82) is 0 Å². The number of nitrogens with one attached hydrogen (secondary N) is 1. The predicted octanol–water partition coefficient (Wildman–Crippen LogP) is 3.40. The molecule has 132 valence electrons. The third-order valence-corrected chi connectivity index (χ3v) is 3.72. The molecule has 0 aliphatic carbocycles. The van der Waals surface area contributed by atoms with Gasteiger partial charge in [-0.1, -0.05) is 24.3 Å². The van der Waals surface area contributed by atoms with Gasteiger partial charge in [-0.05, 0) is 47.5 Å². The van der Waals surface area contributed by atoms with Crippen LogP contribution in [0.1, 0.15) is 21.5 Å². The van der Waals surface area contributed by atoms with Crippen molar-refractivity contribution in [3.8, 4) is 11.6 Å². The SMILES string of the molecule is NC(=O)c1cccnc1Oc1ccc(CNCc2cccc(F)c2)cc1. The zero-order chi connectivity index (χ0) is 18.4. The first kappa shape index (κ1) is 17.6. The van der Waals surface area contributed by atoms with Gasteiger partial charge in [-0.3, -0.25) is 4.79 Å². The Kier molecular flexibility index (Phi) is 5.56. The number of ether oxygens (including phenoxy) is 1. The highest BCUT2D eigenvalue weighted by Crippen LogP contribution is 2.23. The Hall–Kier alpha value is -3.25. The van der Waals surface area contributed by atoms with E-state index in [1.807, 2.05) is 18.2 Å². The van der Waals surface area contributed by atoms with Crippen molar-refractivity contribution >= 4 is 5.91 Å². The lowest BCUT2D eigenvalue weighted by Crippen LogP contribution is -2.13. The number of pyridine rings is 1. The van der Waals surface area contributed by atoms with E-state index in [0.29, 0.717) is 18.8 Å². The van der Waals surface area contributed by atoms with Gasteiger partial charge in [-0.2, -0.15) is 0 Å². The number of amides is 1. The summed E-state index contributed by atoms with van der Waals surface area (Å²) in [5.41, 5.74) is 7.48. The van der Waals surface area contributed by atoms with E-state index in [9.17, 15) is 9.18 Å². The van der Waals surface area contributed by atoms with Gasteiger partial charge in [0.15, 0.2) is 0 Å². The maximum Gasteiger partial charge on any atom is 0.254 e. The highest BCUT2D eigenvalue weighted by atomic mass is 19.1. The molecule has 0 radical (unpaired) electrons. The summed E-state index contributed by atoms with van der Waals surface area (Å²) in [4.78, 5) is 15.4. The van der Waals surface area contributed by atoms with E-state index in [-0.39, 0.29) is 17.3 Å². The summed E-state index contributed by atoms with van der Waals surface area (Å²) < 4.78 is 18.8. The molecule has 3 aromatic rings. The second-order valence-corrected chi connectivity index (χ2v) is 5.70. The van der Waals surface area contributed by atoms with Gasteiger partial charge < -0.3 is 15.8 Å². The summed E-state index contributed by atoms with van der Waals surface area (Å²) in [5, 5.41) is 3.26. The molecule has 0 saturated carbocycles. The zero-order valence-corrected chi connectivity index (χ0v) is 14.0. The maximum absolute atomic E-state index is 13.1. The second kappa shape index (κ2) is 8.22. The lowest BCUT2D eigenvalue weighted by Gasteiger charge is -2.09. The Labute approximate surface area is 150 Å². The van der Waals surface area contributed by atoms with E-state index in [1.54, 1.807) is 30.3 Å². The molecule has 1 aromatic heterocycles. The van der Waals surface area contributed by atoms with Crippen molar-refractivity contribution in [2.75, 3.05) is 0 Å². The van der Waals surface area contributed by atoms with Crippen LogP contribution < -0.4 is 15.8 Å². The molecular weight excluding hydrogens is 333 g/mol. The molecule has 5 nitrogen and oxygen atoms in total. The second-order valence-electron chi connectivity index (χ2n) is 5.70. The molecular formula is C20H18FN3O2. The molecule has 3 rings (SSSR count). The number of hydrogen-bond donors (Lipinski definition) is 2. The summed E-state index contributed by atoms with van der Waals surface area (Å²) in [5.74, 6) is -0.0982. The highest BCUT2D eigenvalue weighted by molar-refractivity contribution is 5.95. The zero-order valence-electron chi connectivity index (χ0n) is 14.0. The van der Waals surface area contributed by atoms with Gasteiger partial charge in [-0.25, -0.2) is 9.37 Å². The van der Waals surface area contributed by atoms with E-state index in [2.05, 4.69) is 10.3 Å². The smallest absolute Gasteiger partial charge is 0.254 e. The van der Waals surface area contributed by atoms with Gasteiger partial charge in [0.25, 0.3) is 5.91 Å². The highest BCUT2D eigenvalue weighted by Gasteiger charge is 2.10. The molecule has 0 aliphatic rings. The molecule has 1 amide bonds. The number of nitrogens with zero attached hydrogens (tertiary/aromatic N) is 1. The molecule has 0 atom stereocenters. The Morgan fingerprint density at radius 1 is 1.04 bits per heavy atom. The van der Waals surface area contributed by atoms with Gasteiger partial charge in [0, 0.05) is 19.3 Å². The quantitative estimate of drug-likeness (QED) is 0.684. The van der Waals surface area contributed by atoms with Crippen molar-refractivity contribution in [3.63, 3.8) is 0 Å². The summed E-state index contributed by atoms with van der Waals surface area (Å²) in [6.45, 7) is 1.21. The molecule has 0 spiro atoms. The Morgan fingerprint density at radius 3 is 2.54 bits per heavy atom. The van der Waals surface area contributed by atoms with Crippen LogP contribution >= 0.6 is 0 Å². The van der Waals surface area contributed by atoms with Crippen LogP contribution in [0, 0.1) is 5.82 Å². The van der Waals surface area contributed by atoms with E-state index < -0.39 is 5.91 Å². The Balaban J connectivity index is 1.58. The topological polar surface area (TPSA) is 77.2 Å². The van der Waals surface area contributed by atoms with Gasteiger partial charge in [0.05, 0.1) is 0 Å². The van der Waals surface area contributed by atoms with Gasteiger partial charge in [-0.15, -0.1) is 0 Å². The van der Waals surface area contributed by atoms with Crippen LogP contribution in [0.4, 0.5) is 4.39 Å². The van der Waals surface area contributed by atoms with Gasteiger partial charge in [0.2, 0.25) is 5.88 Å². The molecule has 0 fully saturated rings. The minimum Gasteiger partial charge on any atom is -0.438 e. The average molecular weight is 351 g/mol. The summed E-state index contributed by atoms with van der Waals surface area (Å²) in [6.07, 6.45) is 1.53. The number of hydrogen-bond acceptors (Lipinski definition) is 4. The monoisotopic (exact) mass is 351 g/mol. The van der Waals surface area contributed by atoms with E-state index in [0.717, 1.165) is 11.1 Å². The molecule has 0 unspecified atom stereocenters. The molecule has 0 bridgehead atoms. The first-order chi connectivity index (χ1) is 12.6. The molecule has 6 heteroatoms. The lowest BCUT2D eigenvalue weighted by molar-refractivity contribution is 0.0997. The van der Waals surface area contributed by atoms with Crippen LogP contribution in [0.15, 0.2) is 66.9 Å². The minimum absolute atomic E-state index is 0.178. The fourth-order valence-corrected chi connectivity index (χ4v) is 2.44. The van der Waals surface area contributed by atoms with Crippen LogP contribution in [0.5, 0.6) is 11.6 Å². The molecule has 2 aromatic carbocycles. The fraction of sp³-hybridized carbons (Fsp3) is 0.100. The van der Waals surface area contributed by atoms with E-state index in [1.165, 1.54) is 18.3 Å².